The first-order chi connectivity index (χ1) is 9.57. The van der Waals surface area contributed by atoms with Gasteiger partial charge in [0.15, 0.2) is 0 Å². The van der Waals surface area contributed by atoms with Gasteiger partial charge >= 0.3 is 0 Å². The Kier molecular flexibility index (Phi) is 6.03. The van der Waals surface area contributed by atoms with E-state index in [0.29, 0.717) is 10.7 Å². The van der Waals surface area contributed by atoms with Gasteiger partial charge in [0.1, 0.15) is 0 Å². The second-order valence-corrected chi connectivity index (χ2v) is 9.00. The van der Waals surface area contributed by atoms with Crippen LogP contribution in [0.15, 0.2) is 18.2 Å². The van der Waals surface area contributed by atoms with Crippen LogP contribution < -0.4 is 9.03 Å². The molecule has 0 aliphatic heterocycles. The topological polar surface area (TPSA) is 83.6 Å². The van der Waals surface area contributed by atoms with Crippen LogP contribution >= 0.6 is 11.6 Å². The molecule has 6 nitrogen and oxygen atoms in total. The quantitative estimate of drug-likeness (QED) is 0.801. The van der Waals surface area contributed by atoms with E-state index in [9.17, 15) is 16.8 Å². The summed E-state index contributed by atoms with van der Waals surface area (Å²) in [5.41, 5.74) is 1.18. The standard InChI is InChI=1S/C12H19ClN2O4S2/c1-4-21(18,19)14-7-8-15(20(3,16)17)12-9-11(13)6-5-10(12)2/h5-6,9,14H,4,7-8H2,1-3H3. The van der Waals surface area contributed by atoms with Gasteiger partial charge in [-0.3, -0.25) is 4.31 Å². The minimum absolute atomic E-state index is 0.000748. The molecule has 1 aromatic rings. The number of aryl methyl sites for hydroxylation is 1. The molecule has 0 aromatic heterocycles. The smallest absolute Gasteiger partial charge is 0.232 e. The average molecular weight is 355 g/mol. The Morgan fingerprint density at radius 3 is 2.38 bits per heavy atom. The monoisotopic (exact) mass is 354 g/mol. The number of anilines is 1. The van der Waals surface area contributed by atoms with Crippen LogP contribution in [-0.2, 0) is 20.0 Å². The molecule has 21 heavy (non-hydrogen) atoms. The highest BCUT2D eigenvalue weighted by Crippen LogP contribution is 2.25. The van der Waals surface area contributed by atoms with Crippen molar-refractivity contribution >= 4 is 37.3 Å². The molecule has 0 amide bonds. The zero-order valence-corrected chi connectivity index (χ0v) is 14.5. The number of sulfonamides is 2. The third-order valence-corrected chi connectivity index (χ3v) is 5.68. The van der Waals surface area contributed by atoms with Crippen LogP contribution in [0.3, 0.4) is 0 Å². The lowest BCUT2D eigenvalue weighted by atomic mass is 10.2. The molecule has 0 saturated carbocycles. The van der Waals surface area contributed by atoms with Crippen molar-refractivity contribution in [1.82, 2.24) is 4.72 Å². The molecular formula is C12H19ClN2O4S2. The van der Waals surface area contributed by atoms with Crippen LogP contribution in [0.1, 0.15) is 12.5 Å². The van der Waals surface area contributed by atoms with Crippen LogP contribution in [0, 0.1) is 6.92 Å². The molecule has 0 aliphatic rings. The maximum Gasteiger partial charge on any atom is 0.232 e. The van der Waals surface area contributed by atoms with E-state index < -0.39 is 20.0 Å². The number of hydrogen-bond acceptors (Lipinski definition) is 4. The predicted octanol–water partition coefficient (Wildman–Crippen LogP) is 1.35. The van der Waals surface area contributed by atoms with Crippen molar-refractivity contribution in [3.8, 4) is 0 Å². The summed E-state index contributed by atoms with van der Waals surface area (Å²) >= 11 is 5.91. The van der Waals surface area contributed by atoms with E-state index in [1.807, 2.05) is 0 Å². The summed E-state index contributed by atoms with van der Waals surface area (Å²) in [6.07, 6.45) is 1.07. The Labute approximate surface area is 131 Å². The molecule has 9 heteroatoms. The third kappa shape index (κ3) is 5.46. The van der Waals surface area contributed by atoms with E-state index in [4.69, 9.17) is 11.6 Å². The van der Waals surface area contributed by atoms with E-state index in [2.05, 4.69) is 4.72 Å². The number of nitrogens with zero attached hydrogens (tertiary/aromatic N) is 1. The molecule has 0 saturated heterocycles. The fourth-order valence-electron chi connectivity index (χ4n) is 1.72. The number of rotatable bonds is 7. The first-order valence-electron chi connectivity index (χ1n) is 6.28. The Balaban J connectivity index is 3.01. The van der Waals surface area contributed by atoms with Crippen LogP contribution in [0.25, 0.3) is 0 Å². The van der Waals surface area contributed by atoms with Crippen molar-refractivity contribution in [2.75, 3.05) is 29.4 Å². The van der Waals surface area contributed by atoms with Crippen molar-refractivity contribution in [3.63, 3.8) is 0 Å². The van der Waals surface area contributed by atoms with Crippen molar-refractivity contribution in [2.45, 2.75) is 13.8 Å². The van der Waals surface area contributed by atoms with Crippen molar-refractivity contribution in [1.29, 1.82) is 0 Å². The molecular weight excluding hydrogens is 336 g/mol. The summed E-state index contributed by atoms with van der Waals surface area (Å²) in [6.45, 7) is 3.27. The largest absolute Gasteiger partial charge is 0.269 e. The second-order valence-electron chi connectivity index (χ2n) is 4.56. The second kappa shape index (κ2) is 6.95. The molecule has 0 fully saturated rings. The SMILES string of the molecule is CCS(=O)(=O)NCCN(c1cc(Cl)ccc1C)S(C)(=O)=O. The molecule has 0 atom stereocenters. The highest BCUT2D eigenvalue weighted by atomic mass is 35.5. The normalized spacial score (nSPS) is 12.4. The Bertz CT molecular complexity index is 702. The van der Waals surface area contributed by atoms with Gasteiger partial charge in [0.2, 0.25) is 20.0 Å². The molecule has 120 valence electrons. The van der Waals surface area contributed by atoms with Gasteiger partial charge in [-0.05, 0) is 31.5 Å². The molecule has 0 heterocycles. The summed E-state index contributed by atoms with van der Waals surface area (Å²) in [5, 5.41) is 0.415. The van der Waals surface area contributed by atoms with Crippen LogP contribution in [0.2, 0.25) is 5.02 Å². The summed E-state index contributed by atoms with van der Waals surface area (Å²) in [6, 6.07) is 4.93. The number of benzene rings is 1. The van der Waals surface area contributed by atoms with E-state index >= 15 is 0 Å². The van der Waals surface area contributed by atoms with Crippen molar-refractivity contribution < 1.29 is 16.8 Å². The van der Waals surface area contributed by atoms with Crippen LogP contribution in [0.4, 0.5) is 5.69 Å². The van der Waals surface area contributed by atoms with Crippen LogP contribution in [0.5, 0.6) is 0 Å². The lowest BCUT2D eigenvalue weighted by Gasteiger charge is -2.24. The van der Waals surface area contributed by atoms with Gasteiger partial charge in [0.05, 0.1) is 17.7 Å². The first-order valence-corrected chi connectivity index (χ1v) is 10.2. The molecule has 1 rings (SSSR count). The predicted molar refractivity (Wildman–Crippen MR) is 85.8 cm³/mol. The number of hydrogen-bond donors (Lipinski definition) is 1. The van der Waals surface area contributed by atoms with Gasteiger partial charge in [-0.1, -0.05) is 17.7 Å². The summed E-state index contributed by atoms with van der Waals surface area (Å²) in [5.74, 6) is -0.0535. The number of nitrogens with one attached hydrogen (secondary N) is 1. The highest BCUT2D eigenvalue weighted by molar-refractivity contribution is 7.92. The molecule has 1 aromatic carbocycles. The van der Waals surface area contributed by atoms with Crippen LogP contribution in [-0.4, -0.2) is 41.9 Å². The van der Waals surface area contributed by atoms with Crippen molar-refractivity contribution in [2.24, 2.45) is 0 Å². The lowest BCUT2D eigenvalue weighted by Crippen LogP contribution is -2.38. The summed E-state index contributed by atoms with van der Waals surface area (Å²) in [7, 11) is -6.90. The first kappa shape index (κ1) is 18.2. The van der Waals surface area contributed by atoms with Gasteiger partial charge in [-0.15, -0.1) is 0 Å². The average Bonchev–Trinajstić information content (AvgIpc) is 2.36. The van der Waals surface area contributed by atoms with E-state index in [0.717, 1.165) is 16.1 Å². The Hall–Kier alpha value is -0.830. The number of halogens is 1. The zero-order valence-electron chi connectivity index (χ0n) is 12.1. The Morgan fingerprint density at radius 1 is 1.24 bits per heavy atom. The maximum atomic E-state index is 11.9. The minimum atomic E-state index is -3.54. The maximum absolute atomic E-state index is 11.9. The summed E-state index contributed by atoms with van der Waals surface area (Å²) < 4.78 is 50.1. The van der Waals surface area contributed by atoms with Gasteiger partial charge < -0.3 is 0 Å². The molecule has 0 radical (unpaired) electrons. The molecule has 0 unspecified atom stereocenters. The summed E-state index contributed by atoms with van der Waals surface area (Å²) in [4.78, 5) is 0. The van der Waals surface area contributed by atoms with E-state index in [-0.39, 0.29) is 18.8 Å². The van der Waals surface area contributed by atoms with Crippen molar-refractivity contribution in [3.05, 3.63) is 28.8 Å². The fourth-order valence-corrected chi connectivity index (χ4v) is 3.47. The zero-order chi connectivity index (χ0) is 16.3. The van der Waals surface area contributed by atoms with Gasteiger partial charge in [0, 0.05) is 18.1 Å². The molecule has 0 bridgehead atoms. The third-order valence-electron chi connectivity index (χ3n) is 2.86. The Morgan fingerprint density at radius 2 is 1.86 bits per heavy atom. The van der Waals surface area contributed by atoms with Gasteiger partial charge in [-0.2, -0.15) is 0 Å². The van der Waals surface area contributed by atoms with Gasteiger partial charge in [-0.25, -0.2) is 21.6 Å². The van der Waals surface area contributed by atoms with E-state index in [1.165, 1.54) is 6.92 Å². The molecule has 1 N–H and O–H groups in total. The van der Waals surface area contributed by atoms with Gasteiger partial charge in [0.25, 0.3) is 0 Å². The minimum Gasteiger partial charge on any atom is -0.269 e. The highest BCUT2D eigenvalue weighted by Gasteiger charge is 2.20. The fraction of sp³-hybridized carbons (Fsp3) is 0.500. The molecule has 0 aliphatic carbocycles. The van der Waals surface area contributed by atoms with E-state index in [1.54, 1.807) is 25.1 Å². The lowest BCUT2D eigenvalue weighted by molar-refractivity contribution is 0.579. The molecule has 0 spiro atoms.